The lowest BCUT2D eigenvalue weighted by atomic mass is 10.3. The van der Waals surface area contributed by atoms with Crippen LogP contribution in [0.3, 0.4) is 0 Å². The summed E-state index contributed by atoms with van der Waals surface area (Å²) >= 11 is 1.31. The van der Waals surface area contributed by atoms with E-state index < -0.39 is 10.0 Å². The van der Waals surface area contributed by atoms with Crippen LogP contribution in [0.15, 0.2) is 52.7 Å². The molecule has 0 N–H and O–H groups in total. The number of anilines is 1. The fraction of sp³-hybridized carbons (Fsp3) is 0.300. The summed E-state index contributed by atoms with van der Waals surface area (Å²) in [6.07, 6.45) is 0. The molecule has 3 aromatic rings. The van der Waals surface area contributed by atoms with Gasteiger partial charge in [0.05, 0.1) is 0 Å². The standard InChI is InChI=1S/C20H22N4O3S2/c1-15-8-9-20(28-15)29(25,26)24-12-10-23(11-13-24)18-14-19(22-16(2)21-18)27-17-6-4-3-5-7-17/h3-9,14H,10-13H2,1-2H3. The third-order valence-electron chi connectivity index (χ3n) is 4.64. The fourth-order valence-electron chi connectivity index (χ4n) is 3.18. The Kier molecular flexibility index (Phi) is 5.53. The summed E-state index contributed by atoms with van der Waals surface area (Å²) in [5.41, 5.74) is 0. The van der Waals surface area contributed by atoms with Crippen molar-refractivity contribution in [3.63, 3.8) is 0 Å². The van der Waals surface area contributed by atoms with Gasteiger partial charge in [-0.15, -0.1) is 11.3 Å². The van der Waals surface area contributed by atoms with Crippen LogP contribution in [-0.2, 0) is 10.0 Å². The lowest BCUT2D eigenvalue weighted by Crippen LogP contribution is -2.48. The Balaban J connectivity index is 1.47. The SMILES string of the molecule is Cc1nc(Oc2ccccc2)cc(N2CCN(S(=O)(=O)c3ccc(C)s3)CC2)n1. The molecule has 0 saturated carbocycles. The Bertz CT molecular complexity index is 1090. The van der Waals surface area contributed by atoms with E-state index >= 15 is 0 Å². The summed E-state index contributed by atoms with van der Waals surface area (Å²) in [6.45, 7) is 5.68. The molecule has 29 heavy (non-hydrogen) atoms. The van der Waals surface area contributed by atoms with Gasteiger partial charge in [0.1, 0.15) is 21.6 Å². The highest BCUT2D eigenvalue weighted by molar-refractivity contribution is 7.91. The number of rotatable bonds is 5. The van der Waals surface area contributed by atoms with E-state index in [1.165, 1.54) is 11.3 Å². The van der Waals surface area contributed by atoms with Crippen LogP contribution in [0.5, 0.6) is 11.6 Å². The van der Waals surface area contributed by atoms with Crippen molar-refractivity contribution >= 4 is 27.2 Å². The van der Waals surface area contributed by atoms with Crippen molar-refractivity contribution in [3.8, 4) is 11.6 Å². The van der Waals surface area contributed by atoms with Crippen molar-refractivity contribution in [2.45, 2.75) is 18.1 Å². The molecule has 0 atom stereocenters. The molecule has 9 heteroatoms. The minimum absolute atomic E-state index is 0.403. The average molecular weight is 431 g/mol. The van der Waals surface area contributed by atoms with Gasteiger partial charge in [0.15, 0.2) is 0 Å². The van der Waals surface area contributed by atoms with Gasteiger partial charge < -0.3 is 9.64 Å². The summed E-state index contributed by atoms with van der Waals surface area (Å²) in [7, 11) is -3.44. The molecule has 1 aliphatic rings. The Morgan fingerprint density at radius 3 is 2.34 bits per heavy atom. The van der Waals surface area contributed by atoms with E-state index in [0.29, 0.717) is 47.8 Å². The molecular weight excluding hydrogens is 408 g/mol. The van der Waals surface area contributed by atoms with Gasteiger partial charge in [0.25, 0.3) is 10.0 Å². The van der Waals surface area contributed by atoms with E-state index in [9.17, 15) is 8.42 Å². The normalized spacial score (nSPS) is 15.4. The van der Waals surface area contributed by atoms with Gasteiger partial charge in [-0.05, 0) is 38.1 Å². The second-order valence-electron chi connectivity index (χ2n) is 6.78. The Labute approximate surface area is 174 Å². The molecule has 7 nitrogen and oxygen atoms in total. The van der Waals surface area contributed by atoms with E-state index in [2.05, 4.69) is 14.9 Å². The Hall–Kier alpha value is -2.49. The zero-order chi connectivity index (χ0) is 20.4. The zero-order valence-corrected chi connectivity index (χ0v) is 17.9. The largest absolute Gasteiger partial charge is 0.439 e. The van der Waals surface area contributed by atoms with E-state index in [0.717, 1.165) is 10.7 Å². The first-order valence-corrected chi connectivity index (χ1v) is 11.6. The number of hydrogen-bond donors (Lipinski definition) is 0. The summed E-state index contributed by atoms with van der Waals surface area (Å²) in [5.74, 6) is 2.53. The minimum Gasteiger partial charge on any atom is -0.439 e. The van der Waals surface area contributed by atoms with Crippen molar-refractivity contribution in [2.24, 2.45) is 0 Å². The highest BCUT2D eigenvalue weighted by Gasteiger charge is 2.30. The number of ether oxygens (including phenoxy) is 1. The number of aromatic nitrogens is 2. The maximum atomic E-state index is 12.8. The van der Waals surface area contributed by atoms with Crippen LogP contribution in [0.4, 0.5) is 5.82 Å². The van der Waals surface area contributed by atoms with Gasteiger partial charge in [0.2, 0.25) is 5.88 Å². The number of piperazine rings is 1. The topological polar surface area (TPSA) is 75.6 Å². The van der Waals surface area contributed by atoms with Crippen molar-refractivity contribution in [3.05, 3.63) is 59.2 Å². The molecule has 0 radical (unpaired) electrons. The van der Waals surface area contributed by atoms with Gasteiger partial charge in [-0.25, -0.2) is 13.4 Å². The van der Waals surface area contributed by atoms with Crippen LogP contribution < -0.4 is 9.64 Å². The molecule has 2 aromatic heterocycles. The molecule has 1 saturated heterocycles. The van der Waals surface area contributed by atoms with Gasteiger partial charge in [-0.2, -0.15) is 9.29 Å². The van der Waals surface area contributed by atoms with Crippen LogP contribution in [-0.4, -0.2) is 48.9 Å². The van der Waals surface area contributed by atoms with Gasteiger partial charge in [-0.1, -0.05) is 18.2 Å². The molecule has 1 aliphatic heterocycles. The molecule has 152 valence electrons. The van der Waals surface area contributed by atoms with Crippen LogP contribution in [0.25, 0.3) is 0 Å². The van der Waals surface area contributed by atoms with E-state index in [4.69, 9.17) is 4.74 Å². The Morgan fingerprint density at radius 2 is 1.69 bits per heavy atom. The highest BCUT2D eigenvalue weighted by atomic mass is 32.2. The number of para-hydroxylation sites is 1. The quantitative estimate of drug-likeness (QED) is 0.617. The van der Waals surface area contributed by atoms with Crippen molar-refractivity contribution in [1.82, 2.24) is 14.3 Å². The minimum atomic E-state index is -3.44. The maximum Gasteiger partial charge on any atom is 0.252 e. The van der Waals surface area contributed by atoms with Crippen LogP contribution >= 0.6 is 11.3 Å². The maximum absolute atomic E-state index is 12.8. The van der Waals surface area contributed by atoms with Crippen LogP contribution in [0.1, 0.15) is 10.7 Å². The highest BCUT2D eigenvalue weighted by Crippen LogP contribution is 2.27. The van der Waals surface area contributed by atoms with Crippen molar-refractivity contribution in [1.29, 1.82) is 0 Å². The molecule has 0 amide bonds. The lowest BCUT2D eigenvalue weighted by Gasteiger charge is -2.34. The molecule has 1 aromatic carbocycles. The first-order chi connectivity index (χ1) is 13.9. The van der Waals surface area contributed by atoms with Crippen molar-refractivity contribution in [2.75, 3.05) is 31.1 Å². The summed E-state index contributed by atoms with van der Waals surface area (Å²) in [6, 6.07) is 14.8. The molecule has 3 heterocycles. The summed E-state index contributed by atoms with van der Waals surface area (Å²) in [5, 5.41) is 0. The molecule has 4 rings (SSSR count). The monoisotopic (exact) mass is 430 g/mol. The van der Waals surface area contributed by atoms with Gasteiger partial charge >= 0.3 is 0 Å². The van der Waals surface area contributed by atoms with E-state index in [1.54, 1.807) is 16.4 Å². The molecule has 1 fully saturated rings. The van der Waals surface area contributed by atoms with Gasteiger partial charge in [-0.3, -0.25) is 0 Å². The van der Waals surface area contributed by atoms with E-state index in [-0.39, 0.29) is 0 Å². The Morgan fingerprint density at radius 1 is 0.966 bits per heavy atom. The smallest absolute Gasteiger partial charge is 0.252 e. The summed E-state index contributed by atoms with van der Waals surface area (Å²) in [4.78, 5) is 11.9. The zero-order valence-electron chi connectivity index (χ0n) is 16.3. The second kappa shape index (κ2) is 8.10. The number of thiophene rings is 1. The first-order valence-electron chi connectivity index (χ1n) is 9.32. The van der Waals surface area contributed by atoms with Crippen LogP contribution in [0, 0.1) is 13.8 Å². The molecular formula is C20H22N4O3S2. The predicted molar refractivity (Wildman–Crippen MR) is 113 cm³/mol. The molecule has 0 unspecified atom stereocenters. The molecule has 0 aliphatic carbocycles. The fourth-order valence-corrected chi connectivity index (χ4v) is 6.04. The van der Waals surface area contributed by atoms with Crippen molar-refractivity contribution < 1.29 is 13.2 Å². The third kappa shape index (κ3) is 4.42. The molecule has 0 bridgehead atoms. The predicted octanol–water partition coefficient (Wildman–Crippen LogP) is 3.46. The first kappa shape index (κ1) is 19.8. The van der Waals surface area contributed by atoms with Crippen LogP contribution in [0.2, 0.25) is 0 Å². The third-order valence-corrected chi connectivity index (χ3v) is 8.01. The second-order valence-corrected chi connectivity index (χ2v) is 10.2. The number of aryl methyl sites for hydroxylation is 2. The molecule has 0 spiro atoms. The number of benzene rings is 1. The number of nitrogens with zero attached hydrogens (tertiary/aromatic N) is 4. The number of sulfonamides is 1. The summed E-state index contributed by atoms with van der Waals surface area (Å²) < 4.78 is 33.4. The lowest BCUT2D eigenvalue weighted by molar-refractivity contribution is 0.384. The average Bonchev–Trinajstić information content (AvgIpc) is 3.16. The van der Waals surface area contributed by atoms with E-state index in [1.807, 2.05) is 50.2 Å². The number of hydrogen-bond acceptors (Lipinski definition) is 7. The van der Waals surface area contributed by atoms with Gasteiger partial charge in [0, 0.05) is 37.1 Å².